The van der Waals surface area contributed by atoms with Crippen molar-refractivity contribution in [2.45, 2.75) is 219 Å². The van der Waals surface area contributed by atoms with Gasteiger partial charge in [0.25, 0.3) is 12.5 Å². The Bertz CT molecular complexity index is 1780. The topological polar surface area (TPSA) is 230 Å². The zero-order valence-electron chi connectivity index (χ0n) is 44.4. The van der Waals surface area contributed by atoms with Gasteiger partial charge in [-0.3, -0.25) is 4.79 Å². The molecule has 0 N–H and O–H groups in total. The Morgan fingerprint density at radius 1 is 0.597 bits per heavy atom. The fourth-order valence-electron chi connectivity index (χ4n) is 8.83. The molecule has 0 spiro atoms. The standard InChI is InChI=1S/C36H62N2O2.C11H13N3O4.C10H14N2O2/c1-3-5-7-12-19-25-36-34(24-18-13-8-10-15-21-29-37-31-39)28-27-33(23-17-6-4-2)35(36)26-20-14-9-11-16-22-30-38-32-40;12-7-18-6-2-1-3-10(14-9-16)11(17)4-5-13-8-15;1-9(2)10(14-7-11)5-3-4-6-12-8-13/h19,25,27-28,33-36H,3-18,20-24,26,29-30H2,1-2H3;10H,1-6H2;10H,1,3-6H2,2H3/b25-19-;;. The number of nitriles is 2. The molecule has 1 aliphatic carbocycles. The van der Waals surface area contributed by atoms with Crippen molar-refractivity contribution in [2.24, 2.45) is 48.6 Å². The van der Waals surface area contributed by atoms with E-state index in [0.717, 1.165) is 49.5 Å². The number of isocyanates is 5. The van der Waals surface area contributed by atoms with Crippen LogP contribution < -0.4 is 0 Å². The second kappa shape index (κ2) is 54.7. The lowest BCUT2D eigenvalue weighted by Crippen LogP contribution is -2.30. The molecule has 0 fully saturated rings. The van der Waals surface area contributed by atoms with Gasteiger partial charge in [-0.15, -0.1) is 0 Å². The minimum atomic E-state index is -0.758. The van der Waals surface area contributed by atoms with E-state index in [9.17, 15) is 28.8 Å². The minimum absolute atomic E-state index is 0.0415. The van der Waals surface area contributed by atoms with E-state index in [2.05, 4.69) is 74.4 Å². The molecule has 400 valence electrons. The SMILES string of the molecule is C=C(C)C(CCCCN=C=O)OC#N.CCCCC/C=C\C1C(CCCCCCCCN=C=O)C=CC(CCCCC)C1CCCCCCCCN=C=O.N#COCCCCC(N=C=O)C(=O)CCN=C=O. The van der Waals surface area contributed by atoms with Gasteiger partial charge in [-0.25, -0.2) is 43.9 Å². The number of carbonyl (C=O) groups is 1. The first-order chi connectivity index (χ1) is 35.3. The largest absolute Gasteiger partial charge is 0.428 e. The van der Waals surface area contributed by atoms with Gasteiger partial charge in [-0.2, -0.15) is 15.5 Å². The van der Waals surface area contributed by atoms with Crippen LogP contribution in [0, 0.1) is 46.7 Å². The number of aliphatic imine (C=N–C) groups is 5. The molecule has 6 unspecified atom stereocenters. The molecule has 0 saturated heterocycles. The van der Waals surface area contributed by atoms with Crippen molar-refractivity contribution in [2.75, 3.05) is 32.8 Å². The molecule has 0 amide bonds. The second-order valence-electron chi connectivity index (χ2n) is 18.5. The Balaban J connectivity index is 0. The molecular formula is C57H89N7O8. The molecule has 15 nitrogen and oxygen atoms in total. The fraction of sp³-hybridized carbons (Fsp3) is 0.754. The number of rotatable bonds is 44. The van der Waals surface area contributed by atoms with Gasteiger partial charge in [0.1, 0.15) is 18.8 Å². The first-order valence-corrected chi connectivity index (χ1v) is 27.1. The van der Waals surface area contributed by atoms with Crippen LogP contribution in [0.5, 0.6) is 0 Å². The van der Waals surface area contributed by atoms with Gasteiger partial charge in [-0.05, 0) is 120 Å². The monoisotopic (exact) mass is 1000 g/mol. The molecule has 1 aliphatic rings. The van der Waals surface area contributed by atoms with Crippen LogP contribution in [0.1, 0.15) is 207 Å². The summed E-state index contributed by atoms with van der Waals surface area (Å²) in [5.41, 5.74) is 0.838. The highest BCUT2D eigenvalue weighted by Crippen LogP contribution is 2.43. The van der Waals surface area contributed by atoms with Crippen molar-refractivity contribution in [3.8, 4) is 12.5 Å². The molecule has 0 aromatic carbocycles. The van der Waals surface area contributed by atoms with Crippen molar-refractivity contribution >= 4 is 36.2 Å². The summed E-state index contributed by atoms with van der Waals surface area (Å²) >= 11 is 0. The number of carbonyl (C=O) groups excluding carboxylic acids is 6. The second-order valence-corrected chi connectivity index (χ2v) is 18.5. The van der Waals surface area contributed by atoms with Crippen LogP contribution in [0.25, 0.3) is 0 Å². The van der Waals surface area contributed by atoms with E-state index in [1.807, 2.05) is 6.92 Å². The average molecular weight is 1000 g/mol. The van der Waals surface area contributed by atoms with Crippen LogP contribution in [-0.2, 0) is 38.2 Å². The zero-order valence-corrected chi connectivity index (χ0v) is 44.4. The molecule has 0 aromatic heterocycles. The van der Waals surface area contributed by atoms with Crippen molar-refractivity contribution < 1.29 is 38.2 Å². The summed E-state index contributed by atoms with van der Waals surface area (Å²) in [5, 5.41) is 16.5. The molecule has 0 heterocycles. The molecule has 0 aliphatic heterocycles. The van der Waals surface area contributed by atoms with Crippen LogP contribution in [0.15, 0.2) is 61.4 Å². The molecule has 72 heavy (non-hydrogen) atoms. The predicted octanol–water partition coefficient (Wildman–Crippen LogP) is 13.5. The Hall–Kier alpha value is -5.63. The van der Waals surface area contributed by atoms with Crippen LogP contribution in [0.4, 0.5) is 0 Å². The van der Waals surface area contributed by atoms with Gasteiger partial charge in [0.2, 0.25) is 30.4 Å². The molecule has 0 saturated carbocycles. The summed E-state index contributed by atoms with van der Waals surface area (Å²) in [7, 11) is 0. The minimum Gasteiger partial charge on any atom is -0.428 e. The van der Waals surface area contributed by atoms with Gasteiger partial charge in [0.05, 0.1) is 26.2 Å². The number of nitrogens with zero attached hydrogens (tertiary/aromatic N) is 7. The Morgan fingerprint density at radius 3 is 1.65 bits per heavy atom. The van der Waals surface area contributed by atoms with E-state index in [-0.39, 0.29) is 31.5 Å². The number of unbranched alkanes of at least 4 members (excludes halogenated alkanes) is 17. The lowest BCUT2D eigenvalue weighted by atomic mass is 9.66. The van der Waals surface area contributed by atoms with Crippen molar-refractivity contribution in [1.29, 1.82) is 10.5 Å². The molecular weight excluding hydrogens is 911 g/mol. The number of ketones is 1. The van der Waals surface area contributed by atoms with Crippen LogP contribution >= 0.6 is 0 Å². The molecule has 0 aromatic rings. The van der Waals surface area contributed by atoms with E-state index in [4.69, 9.17) is 15.3 Å². The van der Waals surface area contributed by atoms with E-state index >= 15 is 0 Å². The molecule has 6 atom stereocenters. The summed E-state index contributed by atoms with van der Waals surface area (Å²) in [4.78, 5) is 79.2. The lowest BCUT2D eigenvalue weighted by Gasteiger charge is -2.39. The smallest absolute Gasteiger partial charge is 0.286 e. The third kappa shape index (κ3) is 42.1. The quantitative estimate of drug-likeness (QED) is 0.0184. The number of hydrogen-bond acceptors (Lipinski definition) is 15. The van der Waals surface area contributed by atoms with Crippen LogP contribution in [-0.4, -0.2) is 81.1 Å². The van der Waals surface area contributed by atoms with Crippen molar-refractivity contribution in [3.63, 3.8) is 0 Å². The summed E-state index contributed by atoms with van der Waals surface area (Å²) in [6, 6.07) is -0.758. The number of Topliss-reactive ketones (excluding diaryl/α,β-unsaturated/α-hetero) is 1. The zero-order chi connectivity index (χ0) is 53.4. The fourth-order valence-corrected chi connectivity index (χ4v) is 8.83. The first kappa shape index (κ1) is 68.4. The number of ether oxygens (including phenoxy) is 2. The van der Waals surface area contributed by atoms with Gasteiger partial charge >= 0.3 is 0 Å². The maximum Gasteiger partial charge on any atom is 0.286 e. The van der Waals surface area contributed by atoms with Gasteiger partial charge < -0.3 is 9.47 Å². The third-order valence-corrected chi connectivity index (χ3v) is 12.8. The Kier molecular flexibility index (Phi) is 52.0. The van der Waals surface area contributed by atoms with Gasteiger partial charge in [0, 0.05) is 6.42 Å². The Labute approximate surface area is 433 Å². The van der Waals surface area contributed by atoms with Gasteiger partial charge in [0.15, 0.2) is 5.78 Å². The summed E-state index contributed by atoms with van der Waals surface area (Å²) < 4.78 is 9.28. The number of allylic oxidation sites excluding steroid dienone is 4. The molecule has 15 heteroatoms. The Morgan fingerprint density at radius 2 is 1.10 bits per heavy atom. The summed E-state index contributed by atoms with van der Waals surface area (Å²) in [6.07, 6.45) is 52.9. The first-order valence-electron chi connectivity index (χ1n) is 27.1. The summed E-state index contributed by atoms with van der Waals surface area (Å²) in [6.45, 7) is 12.2. The van der Waals surface area contributed by atoms with Crippen molar-refractivity contribution in [1.82, 2.24) is 0 Å². The third-order valence-electron chi connectivity index (χ3n) is 12.8. The van der Waals surface area contributed by atoms with E-state index in [0.29, 0.717) is 50.7 Å². The normalized spacial score (nSPS) is 16.1. The van der Waals surface area contributed by atoms with Crippen molar-refractivity contribution in [3.05, 3.63) is 36.5 Å². The van der Waals surface area contributed by atoms with Crippen LogP contribution in [0.3, 0.4) is 0 Å². The maximum absolute atomic E-state index is 11.6. The lowest BCUT2D eigenvalue weighted by molar-refractivity contribution is -0.120. The summed E-state index contributed by atoms with van der Waals surface area (Å²) in [5.74, 6) is 2.65. The highest BCUT2D eigenvalue weighted by atomic mass is 16.5. The molecule has 1 rings (SSSR count). The predicted molar refractivity (Wildman–Crippen MR) is 283 cm³/mol. The highest BCUT2D eigenvalue weighted by Gasteiger charge is 2.33. The van der Waals surface area contributed by atoms with E-state index in [1.165, 1.54) is 153 Å². The maximum atomic E-state index is 11.6. The molecule has 0 radical (unpaired) electrons. The highest BCUT2D eigenvalue weighted by molar-refractivity contribution is 5.85. The average Bonchev–Trinajstić information content (AvgIpc) is 3.38. The van der Waals surface area contributed by atoms with Crippen LogP contribution in [0.2, 0.25) is 0 Å². The molecule has 0 bridgehead atoms. The van der Waals surface area contributed by atoms with Gasteiger partial charge in [-0.1, -0.05) is 141 Å². The number of hydrogen-bond donors (Lipinski definition) is 0. The van der Waals surface area contributed by atoms with E-state index < -0.39 is 6.04 Å². The van der Waals surface area contributed by atoms with E-state index in [1.54, 1.807) is 18.4 Å².